The molecule has 0 radical (unpaired) electrons. The van der Waals surface area contributed by atoms with Crippen LogP contribution in [0.5, 0.6) is 0 Å². The molecular weight excluding hydrogens is 321 g/mol. The maximum atomic E-state index is 14.3. The Labute approximate surface area is 146 Å². The van der Waals surface area contributed by atoms with Crippen LogP contribution in [0.1, 0.15) is 41.6 Å². The average molecular weight is 341 g/mol. The number of benzene rings is 2. The van der Waals surface area contributed by atoms with E-state index in [2.05, 4.69) is 10.1 Å². The third-order valence-corrected chi connectivity index (χ3v) is 4.85. The molecule has 4 nitrogen and oxygen atoms in total. The Morgan fingerprint density at radius 3 is 2.28 bits per heavy atom. The summed E-state index contributed by atoms with van der Waals surface area (Å²) in [5, 5.41) is 2.88. The third-order valence-electron chi connectivity index (χ3n) is 4.85. The molecule has 0 bridgehead atoms. The quantitative estimate of drug-likeness (QED) is 0.853. The van der Waals surface area contributed by atoms with Gasteiger partial charge in [0.2, 0.25) is 5.91 Å². The van der Waals surface area contributed by atoms with Crippen molar-refractivity contribution in [2.24, 2.45) is 0 Å². The van der Waals surface area contributed by atoms with E-state index >= 15 is 0 Å². The van der Waals surface area contributed by atoms with Gasteiger partial charge in [-0.1, -0.05) is 31.0 Å². The Morgan fingerprint density at radius 2 is 1.68 bits per heavy atom. The van der Waals surface area contributed by atoms with Gasteiger partial charge in [0.1, 0.15) is 5.82 Å². The van der Waals surface area contributed by atoms with Crippen LogP contribution in [0.15, 0.2) is 48.5 Å². The number of nitrogens with one attached hydrogen (secondary N) is 1. The fourth-order valence-electron chi connectivity index (χ4n) is 3.50. The first-order valence-electron chi connectivity index (χ1n) is 8.32. The first-order chi connectivity index (χ1) is 12.1. The highest BCUT2D eigenvalue weighted by Gasteiger charge is 2.44. The summed E-state index contributed by atoms with van der Waals surface area (Å²) in [6.07, 6.45) is 3.03. The molecule has 1 aliphatic rings. The van der Waals surface area contributed by atoms with Crippen molar-refractivity contribution in [2.45, 2.75) is 31.1 Å². The largest absolute Gasteiger partial charge is 0.465 e. The average Bonchev–Trinajstić information content (AvgIpc) is 3.13. The molecule has 1 fully saturated rings. The highest BCUT2D eigenvalue weighted by molar-refractivity contribution is 6.00. The normalized spacial score (nSPS) is 15.6. The fraction of sp³-hybridized carbons (Fsp3) is 0.300. The number of hydrogen-bond acceptors (Lipinski definition) is 3. The van der Waals surface area contributed by atoms with Gasteiger partial charge < -0.3 is 10.1 Å². The lowest BCUT2D eigenvalue weighted by Gasteiger charge is -2.28. The van der Waals surface area contributed by atoms with E-state index in [1.165, 1.54) is 13.2 Å². The molecule has 1 amide bonds. The number of carbonyl (C=O) groups is 2. The zero-order chi connectivity index (χ0) is 17.9. The van der Waals surface area contributed by atoms with Gasteiger partial charge in [0.15, 0.2) is 0 Å². The van der Waals surface area contributed by atoms with Crippen molar-refractivity contribution < 1.29 is 18.7 Å². The Hall–Kier alpha value is -2.69. The SMILES string of the molecule is COC(=O)c1ccc(NC(=O)C2(c3ccccc3F)CCCC2)cc1. The van der Waals surface area contributed by atoms with Gasteiger partial charge in [-0.3, -0.25) is 4.79 Å². The molecular formula is C20H20FNO3. The summed E-state index contributed by atoms with van der Waals surface area (Å²) < 4.78 is 19.0. The van der Waals surface area contributed by atoms with Crippen LogP contribution in [-0.2, 0) is 14.9 Å². The first kappa shape index (κ1) is 17.1. The zero-order valence-corrected chi connectivity index (χ0v) is 14.0. The summed E-state index contributed by atoms with van der Waals surface area (Å²) in [6.45, 7) is 0. The minimum absolute atomic E-state index is 0.207. The second kappa shape index (κ2) is 7.05. The van der Waals surface area contributed by atoms with Gasteiger partial charge in [-0.2, -0.15) is 0 Å². The van der Waals surface area contributed by atoms with Gasteiger partial charge in [-0.15, -0.1) is 0 Å². The van der Waals surface area contributed by atoms with E-state index < -0.39 is 11.4 Å². The van der Waals surface area contributed by atoms with Gasteiger partial charge in [0.25, 0.3) is 0 Å². The Balaban J connectivity index is 1.85. The van der Waals surface area contributed by atoms with Crippen LogP contribution in [0.4, 0.5) is 10.1 Å². The molecule has 2 aromatic carbocycles. The maximum Gasteiger partial charge on any atom is 0.337 e. The summed E-state index contributed by atoms with van der Waals surface area (Å²) in [7, 11) is 1.32. The Kier molecular flexibility index (Phi) is 4.83. The lowest BCUT2D eigenvalue weighted by molar-refractivity contribution is -0.121. The third kappa shape index (κ3) is 3.27. The summed E-state index contributed by atoms with van der Waals surface area (Å²) >= 11 is 0. The van der Waals surface area contributed by atoms with E-state index in [1.807, 2.05) is 0 Å². The van der Waals surface area contributed by atoms with Crippen molar-refractivity contribution in [3.63, 3.8) is 0 Å². The predicted octanol–water partition coefficient (Wildman–Crippen LogP) is 4.06. The summed E-state index contributed by atoms with van der Waals surface area (Å²) in [4.78, 5) is 24.5. The van der Waals surface area contributed by atoms with Gasteiger partial charge in [-0.05, 0) is 43.2 Å². The van der Waals surface area contributed by atoms with Crippen molar-refractivity contribution in [1.82, 2.24) is 0 Å². The molecule has 0 spiro atoms. The highest BCUT2D eigenvalue weighted by Crippen LogP contribution is 2.43. The second-order valence-corrected chi connectivity index (χ2v) is 6.29. The maximum absolute atomic E-state index is 14.3. The number of methoxy groups -OCH3 is 1. The van der Waals surface area contributed by atoms with Crippen molar-refractivity contribution in [1.29, 1.82) is 0 Å². The minimum atomic E-state index is -0.841. The summed E-state index contributed by atoms with van der Waals surface area (Å²) in [6, 6.07) is 13.0. The summed E-state index contributed by atoms with van der Waals surface area (Å²) in [5.41, 5.74) is 0.591. The molecule has 0 heterocycles. The van der Waals surface area contributed by atoms with Crippen molar-refractivity contribution in [3.05, 3.63) is 65.5 Å². The molecule has 0 saturated heterocycles. The number of esters is 1. The highest BCUT2D eigenvalue weighted by atomic mass is 19.1. The molecule has 5 heteroatoms. The molecule has 0 aromatic heterocycles. The van der Waals surface area contributed by atoms with Crippen LogP contribution < -0.4 is 5.32 Å². The van der Waals surface area contributed by atoms with Gasteiger partial charge >= 0.3 is 5.97 Å². The molecule has 25 heavy (non-hydrogen) atoms. The van der Waals surface area contributed by atoms with E-state index in [0.29, 0.717) is 29.7 Å². The number of carbonyl (C=O) groups excluding carboxylic acids is 2. The van der Waals surface area contributed by atoms with Gasteiger partial charge in [-0.25, -0.2) is 9.18 Å². The zero-order valence-electron chi connectivity index (χ0n) is 14.0. The molecule has 0 atom stereocenters. The molecule has 0 aliphatic heterocycles. The molecule has 1 saturated carbocycles. The van der Waals surface area contributed by atoms with Gasteiger partial charge in [0.05, 0.1) is 18.1 Å². The molecule has 130 valence electrons. The van der Waals surface area contributed by atoms with Crippen LogP contribution in [-0.4, -0.2) is 19.0 Å². The monoisotopic (exact) mass is 341 g/mol. The standard InChI is InChI=1S/C20H20FNO3/c1-25-18(23)14-8-10-15(11-9-14)22-19(24)20(12-4-5-13-20)16-6-2-3-7-17(16)21/h2-3,6-11H,4-5,12-13H2,1H3,(H,22,24). The molecule has 3 rings (SSSR count). The first-order valence-corrected chi connectivity index (χ1v) is 8.32. The van der Waals surface area contributed by atoms with Crippen LogP contribution in [0.2, 0.25) is 0 Å². The van der Waals surface area contributed by atoms with E-state index in [4.69, 9.17) is 0 Å². The van der Waals surface area contributed by atoms with Crippen LogP contribution in [0, 0.1) is 5.82 Å². The van der Waals surface area contributed by atoms with Crippen LogP contribution >= 0.6 is 0 Å². The van der Waals surface area contributed by atoms with Crippen LogP contribution in [0.3, 0.4) is 0 Å². The number of anilines is 1. The van der Waals surface area contributed by atoms with E-state index in [-0.39, 0.29) is 11.7 Å². The number of hydrogen-bond donors (Lipinski definition) is 1. The Morgan fingerprint density at radius 1 is 1.04 bits per heavy atom. The number of ether oxygens (including phenoxy) is 1. The topological polar surface area (TPSA) is 55.4 Å². The van der Waals surface area contributed by atoms with Crippen LogP contribution in [0.25, 0.3) is 0 Å². The minimum Gasteiger partial charge on any atom is -0.465 e. The second-order valence-electron chi connectivity index (χ2n) is 6.29. The lowest BCUT2D eigenvalue weighted by Crippen LogP contribution is -2.38. The molecule has 1 N–H and O–H groups in total. The number of halogens is 1. The Bertz CT molecular complexity index is 780. The van der Waals surface area contributed by atoms with Crippen molar-refractivity contribution in [2.75, 3.05) is 12.4 Å². The number of amides is 1. The van der Waals surface area contributed by atoms with E-state index in [9.17, 15) is 14.0 Å². The predicted molar refractivity (Wildman–Crippen MR) is 93.0 cm³/mol. The fourth-order valence-corrected chi connectivity index (χ4v) is 3.50. The summed E-state index contributed by atoms with van der Waals surface area (Å²) in [5.74, 6) is -0.988. The van der Waals surface area contributed by atoms with Crippen molar-refractivity contribution >= 4 is 17.6 Å². The van der Waals surface area contributed by atoms with E-state index in [1.54, 1.807) is 42.5 Å². The number of rotatable bonds is 4. The van der Waals surface area contributed by atoms with E-state index in [0.717, 1.165) is 12.8 Å². The van der Waals surface area contributed by atoms with Gasteiger partial charge in [0, 0.05) is 11.3 Å². The lowest BCUT2D eigenvalue weighted by atomic mass is 9.77. The smallest absolute Gasteiger partial charge is 0.337 e. The molecule has 1 aliphatic carbocycles. The molecule has 2 aromatic rings. The molecule has 0 unspecified atom stereocenters. The van der Waals surface area contributed by atoms with Crippen molar-refractivity contribution in [3.8, 4) is 0 Å².